The predicted octanol–water partition coefficient (Wildman–Crippen LogP) is 4.06. The average molecular weight is 281 g/mol. The van der Waals surface area contributed by atoms with Crippen LogP contribution in [0.2, 0.25) is 0 Å². The highest BCUT2D eigenvalue weighted by atomic mass is 15.2. The fraction of sp³-hybridized carbons (Fsp3) is 1.00. The lowest BCUT2D eigenvalue weighted by Gasteiger charge is -2.32. The number of nitrogens with zero attached hydrogens (tertiary/aromatic N) is 1. The van der Waals surface area contributed by atoms with Crippen molar-refractivity contribution in [3.63, 3.8) is 0 Å². The van der Waals surface area contributed by atoms with Crippen molar-refractivity contribution in [2.24, 2.45) is 11.8 Å². The van der Waals surface area contributed by atoms with E-state index in [1.165, 1.54) is 71.0 Å². The quantitative estimate of drug-likeness (QED) is 0.649. The Hall–Kier alpha value is -0.0800. The van der Waals surface area contributed by atoms with Crippen molar-refractivity contribution in [1.29, 1.82) is 0 Å². The highest BCUT2D eigenvalue weighted by Crippen LogP contribution is 2.32. The first-order valence-electron chi connectivity index (χ1n) is 9.18. The van der Waals surface area contributed by atoms with Crippen LogP contribution in [0.1, 0.15) is 72.1 Å². The average Bonchev–Trinajstić information content (AvgIpc) is 3.12. The summed E-state index contributed by atoms with van der Waals surface area (Å²) >= 11 is 0. The Kier molecular flexibility index (Phi) is 6.83. The Morgan fingerprint density at radius 2 is 1.80 bits per heavy atom. The summed E-state index contributed by atoms with van der Waals surface area (Å²) in [5.41, 5.74) is 0. The molecular formula is C18H36N2. The van der Waals surface area contributed by atoms with Crippen LogP contribution in [0.5, 0.6) is 0 Å². The lowest BCUT2D eigenvalue weighted by atomic mass is 9.97. The molecule has 2 fully saturated rings. The molecule has 1 N–H and O–H groups in total. The van der Waals surface area contributed by atoms with Gasteiger partial charge in [-0.05, 0) is 63.5 Å². The molecule has 2 heteroatoms. The van der Waals surface area contributed by atoms with Gasteiger partial charge < -0.3 is 5.32 Å². The third-order valence-corrected chi connectivity index (χ3v) is 5.11. The van der Waals surface area contributed by atoms with Gasteiger partial charge in [0.1, 0.15) is 0 Å². The number of nitrogens with one attached hydrogen (secondary N) is 1. The fourth-order valence-corrected chi connectivity index (χ4v) is 3.61. The third kappa shape index (κ3) is 5.37. The van der Waals surface area contributed by atoms with Crippen molar-refractivity contribution in [2.45, 2.75) is 84.2 Å². The van der Waals surface area contributed by atoms with Gasteiger partial charge in [0.25, 0.3) is 0 Å². The summed E-state index contributed by atoms with van der Waals surface area (Å²) in [5, 5.41) is 3.87. The van der Waals surface area contributed by atoms with E-state index >= 15 is 0 Å². The molecule has 2 saturated carbocycles. The molecule has 2 rings (SSSR count). The van der Waals surface area contributed by atoms with Gasteiger partial charge >= 0.3 is 0 Å². The number of hydrogen-bond donors (Lipinski definition) is 1. The molecule has 1 atom stereocenters. The van der Waals surface area contributed by atoms with Crippen LogP contribution >= 0.6 is 0 Å². The van der Waals surface area contributed by atoms with Gasteiger partial charge in [-0.3, -0.25) is 4.90 Å². The van der Waals surface area contributed by atoms with Gasteiger partial charge in [-0.25, -0.2) is 0 Å². The van der Waals surface area contributed by atoms with Gasteiger partial charge in [-0.15, -0.1) is 0 Å². The lowest BCUT2D eigenvalue weighted by Crippen LogP contribution is -2.46. The molecule has 0 aliphatic heterocycles. The fourth-order valence-electron chi connectivity index (χ4n) is 3.61. The first-order chi connectivity index (χ1) is 9.70. The highest BCUT2D eigenvalue weighted by molar-refractivity contribution is 4.90. The van der Waals surface area contributed by atoms with E-state index < -0.39 is 0 Å². The molecule has 0 aromatic rings. The summed E-state index contributed by atoms with van der Waals surface area (Å²) in [5.74, 6) is 1.78. The lowest BCUT2D eigenvalue weighted by molar-refractivity contribution is 0.192. The monoisotopic (exact) mass is 280 g/mol. The van der Waals surface area contributed by atoms with Gasteiger partial charge in [0, 0.05) is 18.6 Å². The Bertz CT molecular complexity index is 254. The van der Waals surface area contributed by atoms with Crippen molar-refractivity contribution in [2.75, 3.05) is 19.6 Å². The van der Waals surface area contributed by atoms with Gasteiger partial charge in [0.2, 0.25) is 0 Å². The van der Waals surface area contributed by atoms with E-state index in [-0.39, 0.29) is 0 Å². The second kappa shape index (κ2) is 8.38. The van der Waals surface area contributed by atoms with Crippen LogP contribution in [-0.4, -0.2) is 36.6 Å². The van der Waals surface area contributed by atoms with Crippen molar-refractivity contribution in [1.82, 2.24) is 10.2 Å². The topological polar surface area (TPSA) is 15.3 Å². The Morgan fingerprint density at radius 3 is 2.35 bits per heavy atom. The molecule has 2 nitrogen and oxygen atoms in total. The summed E-state index contributed by atoms with van der Waals surface area (Å²) in [4.78, 5) is 2.81. The maximum Gasteiger partial charge on any atom is 0.0223 e. The van der Waals surface area contributed by atoms with E-state index in [2.05, 4.69) is 31.0 Å². The summed E-state index contributed by atoms with van der Waals surface area (Å²) in [6, 6.07) is 1.67. The third-order valence-electron chi connectivity index (χ3n) is 5.11. The van der Waals surface area contributed by atoms with Crippen LogP contribution in [0.4, 0.5) is 0 Å². The highest BCUT2D eigenvalue weighted by Gasteiger charge is 2.33. The molecule has 1 unspecified atom stereocenters. The maximum atomic E-state index is 3.87. The van der Waals surface area contributed by atoms with Crippen LogP contribution in [-0.2, 0) is 0 Å². The first-order valence-corrected chi connectivity index (χ1v) is 9.18. The maximum absolute atomic E-state index is 3.87. The first kappa shape index (κ1) is 16.3. The number of rotatable bonds is 10. The van der Waals surface area contributed by atoms with Crippen LogP contribution in [0, 0.1) is 11.8 Å². The summed E-state index contributed by atoms with van der Waals surface area (Å²) in [6.45, 7) is 10.8. The van der Waals surface area contributed by atoms with E-state index in [1.807, 2.05) is 0 Å². The van der Waals surface area contributed by atoms with Crippen LogP contribution in [0.25, 0.3) is 0 Å². The largest absolute Gasteiger partial charge is 0.312 e. The molecule has 20 heavy (non-hydrogen) atoms. The zero-order valence-corrected chi connectivity index (χ0v) is 14.0. The molecule has 2 aliphatic carbocycles. The normalized spacial score (nSPS) is 22.1. The second-order valence-electron chi connectivity index (χ2n) is 7.51. The van der Waals surface area contributed by atoms with Crippen molar-refractivity contribution in [3.8, 4) is 0 Å². The van der Waals surface area contributed by atoms with Gasteiger partial charge in [0.15, 0.2) is 0 Å². The molecule has 0 radical (unpaired) electrons. The van der Waals surface area contributed by atoms with Gasteiger partial charge in [-0.1, -0.05) is 33.6 Å². The second-order valence-corrected chi connectivity index (χ2v) is 7.51. The summed E-state index contributed by atoms with van der Waals surface area (Å²) < 4.78 is 0. The molecule has 2 aliphatic rings. The minimum absolute atomic E-state index is 0.755. The molecule has 0 aromatic heterocycles. The molecule has 118 valence electrons. The van der Waals surface area contributed by atoms with E-state index in [0.29, 0.717) is 0 Å². The molecule has 0 saturated heterocycles. The predicted molar refractivity (Wildman–Crippen MR) is 88.1 cm³/mol. The van der Waals surface area contributed by atoms with Crippen LogP contribution < -0.4 is 5.32 Å². The Morgan fingerprint density at radius 1 is 1.10 bits per heavy atom. The van der Waals surface area contributed by atoms with E-state index in [1.54, 1.807) is 0 Å². The van der Waals surface area contributed by atoms with Gasteiger partial charge in [-0.2, -0.15) is 0 Å². The van der Waals surface area contributed by atoms with Crippen LogP contribution in [0.15, 0.2) is 0 Å². The molecule has 0 heterocycles. The van der Waals surface area contributed by atoms with Crippen LogP contribution in [0.3, 0.4) is 0 Å². The minimum atomic E-state index is 0.755. The summed E-state index contributed by atoms with van der Waals surface area (Å²) in [6.07, 6.45) is 11.4. The van der Waals surface area contributed by atoms with E-state index in [9.17, 15) is 0 Å². The van der Waals surface area contributed by atoms with E-state index in [0.717, 1.165) is 23.9 Å². The number of hydrogen-bond acceptors (Lipinski definition) is 2. The van der Waals surface area contributed by atoms with Crippen molar-refractivity contribution < 1.29 is 0 Å². The Balaban J connectivity index is 1.85. The SMILES string of the molecule is CCCNC(CN(CCC(C)C)C1CC1)C1CCCC1. The zero-order valence-electron chi connectivity index (χ0n) is 14.0. The summed E-state index contributed by atoms with van der Waals surface area (Å²) in [7, 11) is 0. The molecule has 0 aromatic carbocycles. The minimum Gasteiger partial charge on any atom is -0.312 e. The molecule has 0 amide bonds. The molecular weight excluding hydrogens is 244 g/mol. The molecule has 0 bridgehead atoms. The molecule has 0 spiro atoms. The van der Waals surface area contributed by atoms with Crippen molar-refractivity contribution >= 4 is 0 Å². The van der Waals surface area contributed by atoms with Gasteiger partial charge in [0.05, 0.1) is 0 Å². The van der Waals surface area contributed by atoms with E-state index in [4.69, 9.17) is 0 Å². The zero-order chi connectivity index (χ0) is 14.4. The Labute approximate surface area is 126 Å². The smallest absolute Gasteiger partial charge is 0.0223 e. The van der Waals surface area contributed by atoms with Crippen molar-refractivity contribution in [3.05, 3.63) is 0 Å². The standard InChI is InChI=1S/C18H36N2/c1-4-12-19-18(16-7-5-6-8-16)14-20(17-9-10-17)13-11-15(2)3/h15-19H,4-14H2,1-3H3.